The maximum absolute atomic E-state index is 11.1. The molecule has 1 unspecified atom stereocenters. The van der Waals surface area contributed by atoms with E-state index in [1.54, 1.807) is 19.9 Å². The van der Waals surface area contributed by atoms with E-state index in [0.717, 1.165) is 11.8 Å². The normalized spacial score (nSPS) is 12.9. The minimum Gasteiger partial charge on any atom is -0.261 e. The van der Waals surface area contributed by atoms with Gasteiger partial charge >= 0.3 is 0 Å². The smallest absolute Gasteiger partial charge is 0.261 e. The molecule has 9 heteroatoms. The topological polar surface area (TPSA) is 111 Å². The third-order valence-electron chi connectivity index (χ3n) is 2.67. The van der Waals surface area contributed by atoms with E-state index >= 15 is 0 Å². The number of aromatic nitrogens is 4. The molecule has 0 spiro atoms. The fourth-order valence-corrected chi connectivity index (χ4v) is 2.27. The number of nitriles is 1. The molecule has 2 aromatic rings. The summed E-state index contributed by atoms with van der Waals surface area (Å²) in [5.41, 5.74) is 1.59. The zero-order chi connectivity index (χ0) is 15.6. The van der Waals surface area contributed by atoms with Crippen LogP contribution in [0, 0.1) is 18.3 Å². The van der Waals surface area contributed by atoms with Crippen molar-refractivity contribution >= 4 is 10.1 Å². The third-order valence-corrected chi connectivity index (χ3v) is 3.31. The molecular weight excluding hydrogens is 294 g/mol. The van der Waals surface area contributed by atoms with Gasteiger partial charge in [-0.05, 0) is 25.5 Å². The summed E-state index contributed by atoms with van der Waals surface area (Å²) in [6, 6.07) is 3.69. The van der Waals surface area contributed by atoms with Gasteiger partial charge < -0.3 is 0 Å². The van der Waals surface area contributed by atoms with E-state index in [1.165, 1.54) is 17.2 Å². The van der Waals surface area contributed by atoms with E-state index in [2.05, 4.69) is 15.2 Å². The fraction of sp³-hybridized carbons (Fsp3) is 0.333. The number of aryl methyl sites for hydroxylation is 1. The van der Waals surface area contributed by atoms with Gasteiger partial charge in [0.05, 0.1) is 18.0 Å². The minimum absolute atomic E-state index is 0.365. The van der Waals surface area contributed by atoms with Crippen molar-refractivity contribution < 1.29 is 12.6 Å². The van der Waals surface area contributed by atoms with Crippen molar-refractivity contribution in [2.45, 2.75) is 20.0 Å². The lowest BCUT2D eigenvalue weighted by molar-refractivity contribution is 0.231. The zero-order valence-electron chi connectivity index (χ0n) is 11.7. The summed E-state index contributed by atoms with van der Waals surface area (Å²) in [6.45, 7) is 3.34. The lowest BCUT2D eigenvalue weighted by Crippen LogP contribution is -2.09. The summed E-state index contributed by atoms with van der Waals surface area (Å²) in [7, 11) is -3.57. The molecule has 2 heterocycles. The van der Waals surface area contributed by atoms with Crippen LogP contribution >= 0.6 is 0 Å². The van der Waals surface area contributed by atoms with Gasteiger partial charge in [0.15, 0.2) is 5.82 Å². The first-order chi connectivity index (χ1) is 9.80. The first-order valence-electron chi connectivity index (χ1n) is 5.98. The molecule has 21 heavy (non-hydrogen) atoms. The van der Waals surface area contributed by atoms with E-state index < -0.39 is 16.2 Å². The Morgan fingerprint density at radius 3 is 2.71 bits per heavy atom. The van der Waals surface area contributed by atoms with Gasteiger partial charge in [0, 0.05) is 6.20 Å². The molecule has 110 valence electrons. The van der Waals surface area contributed by atoms with Gasteiger partial charge in [-0.25, -0.2) is 4.98 Å². The van der Waals surface area contributed by atoms with Crippen molar-refractivity contribution in [1.82, 2.24) is 20.0 Å². The molecule has 0 N–H and O–H groups in total. The average molecular weight is 307 g/mol. The van der Waals surface area contributed by atoms with Crippen LogP contribution in [0.2, 0.25) is 0 Å². The Bertz CT molecular complexity index is 807. The second-order valence-electron chi connectivity index (χ2n) is 4.47. The maximum atomic E-state index is 11.1. The van der Waals surface area contributed by atoms with Crippen LogP contribution in [0.3, 0.4) is 0 Å². The van der Waals surface area contributed by atoms with E-state index in [1.807, 2.05) is 6.07 Å². The third kappa shape index (κ3) is 3.62. The van der Waals surface area contributed by atoms with E-state index in [4.69, 9.17) is 9.44 Å². The van der Waals surface area contributed by atoms with Crippen molar-refractivity contribution in [1.29, 1.82) is 5.26 Å². The largest absolute Gasteiger partial charge is 0.265 e. The van der Waals surface area contributed by atoms with Crippen LogP contribution in [-0.4, -0.2) is 34.7 Å². The summed E-state index contributed by atoms with van der Waals surface area (Å²) in [5, 5.41) is 17.0. The van der Waals surface area contributed by atoms with Crippen molar-refractivity contribution in [3.8, 4) is 11.9 Å². The molecule has 2 rings (SSSR count). The molecular formula is C12H13N5O3S. The van der Waals surface area contributed by atoms with Crippen LogP contribution in [0.5, 0.6) is 0 Å². The standard InChI is InChI=1S/C12H13N5O3S/c1-8-4-12(14-6-10(8)5-13)17-15-7-11(16-17)9(2)20-21(3,18)19/h4,6-7,9H,1-3H3. The van der Waals surface area contributed by atoms with Gasteiger partial charge in [-0.2, -0.15) is 18.8 Å². The SMILES string of the molecule is Cc1cc(-n2ncc(C(C)OS(C)(=O)=O)n2)ncc1C#N. The van der Waals surface area contributed by atoms with Crippen LogP contribution in [-0.2, 0) is 14.3 Å². The summed E-state index contributed by atoms with van der Waals surface area (Å²) < 4.78 is 27.0. The fourth-order valence-electron chi connectivity index (χ4n) is 1.65. The summed E-state index contributed by atoms with van der Waals surface area (Å²) >= 11 is 0. The molecule has 0 aromatic carbocycles. The molecule has 2 aromatic heterocycles. The summed E-state index contributed by atoms with van der Waals surface area (Å²) in [6.07, 6.45) is 3.07. The van der Waals surface area contributed by atoms with Crippen molar-refractivity contribution in [2.24, 2.45) is 0 Å². The maximum Gasteiger partial charge on any atom is 0.265 e. The highest BCUT2D eigenvalue weighted by molar-refractivity contribution is 7.86. The van der Waals surface area contributed by atoms with Gasteiger partial charge in [-0.15, -0.1) is 9.90 Å². The first-order valence-corrected chi connectivity index (χ1v) is 7.79. The van der Waals surface area contributed by atoms with Crippen LogP contribution in [0.25, 0.3) is 5.82 Å². The number of rotatable bonds is 4. The van der Waals surface area contributed by atoms with Gasteiger partial charge in [0.2, 0.25) is 0 Å². The monoisotopic (exact) mass is 307 g/mol. The Morgan fingerprint density at radius 1 is 1.43 bits per heavy atom. The van der Waals surface area contributed by atoms with Crippen LogP contribution in [0.15, 0.2) is 18.5 Å². The van der Waals surface area contributed by atoms with Crippen molar-refractivity contribution in [2.75, 3.05) is 6.26 Å². The van der Waals surface area contributed by atoms with E-state index in [9.17, 15) is 8.42 Å². The molecule has 0 fully saturated rings. The minimum atomic E-state index is -3.57. The highest BCUT2D eigenvalue weighted by Crippen LogP contribution is 2.17. The average Bonchev–Trinajstić information content (AvgIpc) is 2.86. The zero-order valence-corrected chi connectivity index (χ0v) is 12.5. The van der Waals surface area contributed by atoms with Gasteiger partial charge in [0.25, 0.3) is 10.1 Å². The predicted molar refractivity (Wildman–Crippen MR) is 72.9 cm³/mol. The molecule has 0 aliphatic heterocycles. The molecule has 0 aliphatic rings. The first kappa shape index (κ1) is 15.1. The number of nitrogens with zero attached hydrogens (tertiary/aromatic N) is 5. The van der Waals surface area contributed by atoms with Gasteiger partial charge in [0.1, 0.15) is 17.9 Å². The highest BCUT2D eigenvalue weighted by atomic mass is 32.2. The molecule has 0 saturated heterocycles. The molecule has 1 atom stereocenters. The van der Waals surface area contributed by atoms with Gasteiger partial charge in [-0.3, -0.25) is 4.18 Å². The molecule has 8 nitrogen and oxygen atoms in total. The number of hydrogen-bond acceptors (Lipinski definition) is 7. The predicted octanol–water partition coefficient (Wildman–Crippen LogP) is 0.880. The van der Waals surface area contributed by atoms with E-state index in [0.29, 0.717) is 17.1 Å². The summed E-state index contributed by atoms with van der Waals surface area (Å²) in [4.78, 5) is 5.34. The molecule has 0 amide bonds. The van der Waals surface area contributed by atoms with Crippen LogP contribution in [0.4, 0.5) is 0 Å². The number of hydrogen-bond donors (Lipinski definition) is 0. The Kier molecular flexibility index (Phi) is 4.02. The summed E-state index contributed by atoms with van der Waals surface area (Å²) in [5.74, 6) is 0.435. The Hall–Kier alpha value is -2.31. The lowest BCUT2D eigenvalue weighted by Gasteiger charge is -2.06. The van der Waals surface area contributed by atoms with Gasteiger partial charge in [-0.1, -0.05) is 0 Å². The second kappa shape index (κ2) is 5.59. The Balaban J connectivity index is 2.28. The highest BCUT2D eigenvalue weighted by Gasteiger charge is 2.17. The molecule has 0 bridgehead atoms. The number of pyridine rings is 1. The Morgan fingerprint density at radius 2 is 2.14 bits per heavy atom. The molecule has 0 aliphatic carbocycles. The van der Waals surface area contributed by atoms with Crippen molar-refractivity contribution in [3.05, 3.63) is 35.3 Å². The van der Waals surface area contributed by atoms with E-state index in [-0.39, 0.29) is 0 Å². The molecule has 0 saturated carbocycles. The van der Waals surface area contributed by atoms with Crippen LogP contribution < -0.4 is 0 Å². The quantitative estimate of drug-likeness (QED) is 0.771. The molecule has 0 radical (unpaired) electrons. The Labute approximate surface area is 122 Å². The van der Waals surface area contributed by atoms with Crippen LogP contribution in [0.1, 0.15) is 29.8 Å². The lowest BCUT2D eigenvalue weighted by atomic mass is 10.2. The van der Waals surface area contributed by atoms with Crippen molar-refractivity contribution in [3.63, 3.8) is 0 Å². The second-order valence-corrected chi connectivity index (χ2v) is 6.07.